The molecule has 0 aliphatic carbocycles. The first kappa shape index (κ1) is 17.6. The Morgan fingerprint density at radius 3 is 2.20 bits per heavy atom. The Hall–Kier alpha value is -2.20. The molecule has 0 amide bonds. The monoisotopic (exact) mass is 355 g/mol. The summed E-state index contributed by atoms with van der Waals surface area (Å²) in [6, 6.07) is 18.8. The molecular formula is C19H21N3O2S. The molecule has 3 rings (SSSR count). The Labute approximate surface area is 149 Å². The fourth-order valence-electron chi connectivity index (χ4n) is 3.20. The Morgan fingerprint density at radius 2 is 1.56 bits per heavy atom. The van der Waals surface area contributed by atoms with Gasteiger partial charge in [0.15, 0.2) is 0 Å². The lowest BCUT2D eigenvalue weighted by Gasteiger charge is -2.37. The highest BCUT2D eigenvalue weighted by molar-refractivity contribution is 7.89. The van der Waals surface area contributed by atoms with Gasteiger partial charge in [-0.15, -0.1) is 0 Å². The molecule has 1 saturated heterocycles. The van der Waals surface area contributed by atoms with Gasteiger partial charge in [0.1, 0.15) is 6.07 Å². The van der Waals surface area contributed by atoms with Gasteiger partial charge in [-0.1, -0.05) is 42.5 Å². The number of rotatable bonds is 4. The third-order valence-electron chi connectivity index (χ3n) is 4.73. The summed E-state index contributed by atoms with van der Waals surface area (Å²) in [4.78, 5) is 2.39. The summed E-state index contributed by atoms with van der Waals surface area (Å²) < 4.78 is 27.2. The molecule has 0 bridgehead atoms. The second-order valence-corrected chi connectivity index (χ2v) is 8.04. The molecule has 2 aromatic rings. The van der Waals surface area contributed by atoms with Crippen molar-refractivity contribution < 1.29 is 8.42 Å². The van der Waals surface area contributed by atoms with Gasteiger partial charge in [0.2, 0.25) is 10.0 Å². The Balaban J connectivity index is 1.73. The van der Waals surface area contributed by atoms with Gasteiger partial charge < -0.3 is 0 Å². The minimum absolute atomic E-state index is 0.0991. The molecule has 1 aliphatic heterocycles. The standard InChI is InChI=1S/C19H21N3O2S/c1-16(17-7-3-2-4-8-17)21-11-13-22(14-12-21)25(23,24)19-10-6-5-9-18(19)15-20/h2-10,16H,11-14H2,1H3/t16-/m1/s1. The molecule has 1 fully saturated rings. The van der Waals surface area contributed by atoms with Crippen LogP contribution in [-0.4, -0.2) is 43.8 Å². The maximum Gasteiger partial charge on any atom is 0.244 e. The second kappa shape index (κ2) is 7.36. The maximum absolute atomic E-state index is 12.9. The predicted octanol–water partition coefficient (Wildman–Crippen LogP) is 2.63. The smallest absolute Gasteiger partial charge is 0.244 e. The number of nitrogens with zero attached hydrogens (tertiary/aromatic N) is 3. The van der Waals surface area contributed by atoms with Gasteiger partial charge >= 0.3 is 0 Å². The third kappa shape index (κ3) is 3.59. The Kier molecular flexibility index (Phi) is 5.19. The van der Waals surface area contributed by atoms with Gasteiger partial charge in [-0.3, -0.25) is 4.90 Å². The average Bonchev–Trinajstić information content (AvgIpc) is 2.68. The molecule has 0 saturated carbocycles. The van der Waals surface area contributed by atoms with Crippen molar-refractivity contribution in [2.24, 2.45) is 0 Å². The molecular weight excluding hydrogens is 334 g/mol. The normalized spacial score (nSPS) is 17.8. The van der Waals surface area contributed by atoms with Crippen molar-refractivity contribution in [3.05, 3.63) is 65.7 Å². The van der Waals surface area contributed by atoms with Crippen LogP contribution < -0.4 is 0 Å². The summed E-state index contributed by atoms with van der Waals surface area (Å²) in [5.41, 5.74) is 1.43. The lowest BCUT2D eigenvalue weighted by molar-refractivity contribution is 0.146. The molecule has 1 heterocycles. The molecule has 2 aromatic carbocycles. The zero-order valence-corrected chi connectivity index (χ0v) is 15.0. The van der Waals surface area contributed by atoms with Crippen molar-refractivity contribution in [3.63, 3.8) is 0 Å². The Bertz CT molecular complexity index is 867. The summed E-state index contributed by atoms with van der Waals surface area (Å²) in [5.74, 6) is 0. The highest BCUT2D eigenvalue weighted by Gasteiger charge is 2.31. The van der Waals surface area contributed by atoms with E-state index in [-0.39, 0.29) is 16.5 Å². The molecule has 1 aliphatic rings. The van der Waals surface area contributed by atoms with Gasteiger partial charge in [-0.2, -0.15) is 9.57 Å². The van der Waals surface area contributed by atoms with E-state index in [0.717, 1.165) is 0 Å². The molecule has 0 unspecified atom stereocenters. The van der Waals surface area contributed by atoms with E-state index in [1.165, 1.54) is 15.9 Å². The fraction of sp³-hybridized carbons (Fsp3) is 0.316. The third-order valence-corrected chi connectivity index (χ3v) is 6.69. The average molecular weight is 355 g/mol. The van der Waals surface area contributed by atoms with Crippen LogP contribution in [0.25, 0.3) is 0 Å². The molecule has 5 nitrogen and oxygen atoms in total. The Morgan fingerprint density at radius 1 is 0.960 bits per heavy atom. The van der Waals surface area contributed by atoms with Gasteiger partial charge in [-0.05, 0) is 24.6 Å². The van der Waals surface area contributed by atoms with E-state index in [1.807, 2.05) is 24.3 Å². The largest absolute Gasteiger partial charge is 0.294 e. The lowest BCUT2D eigenvalue weighted by atomic mass is 10.1. The molecule has 0 spiro atoms. The van der Waals surface area contributed by atoms with Crippen molar-refractivity contribution >= 4 is 10.0 Å². The van der Waals surface area contributed by atoms with E-state index in [0.29, 0.717) is 26.2 Å². The molecule has 0 radical (unpaired) electrons. The summed E-state index contributed by atoms with van der Waals surface area (Å²) in [7, 11) is -3.63. The topological polar surface area (TPSA) is 64.4 Å². The summed E-state index contributed by atoms with van der Waals surface area (Å²) in [6.45, 7) is 4.34. The van der Waals surface area contributed by atoms with Crippen molar-refractivity contribution in [1.29, 1.82) is 5.26 Å². The minimum Gasteiger partial charge on any atom is -0.294 e. The van der Waals surface area contributed by atoms with Crippen molar-refractivity contribution in [1.82, 2.24) is 9.21 Å². The van der Waals surface area contributed by atoms with Crippen molar-refractivity contribution in [3.8, 4) is 6.07 Å². The fourth-order valence-corrected chi connectivity index (χ4v) is 4.76. The van der Waals surface area contributed by atoms with E-state index in [9.17, 15) is 13.7 Å². The lowest BCUT2D eigenvalue weighted by Crippen LogP contribution is -2.49. The van der Waals surface area contributed by atoms with E-state index >= 15 is 0 Å². The first-order valence-electron chi connectivity index (χ1n) is 8.32. The molecule has 0 aromatic heterocycles. The number of hydrogen-bond donors (Lipinski definition) is 0. The molecule has 25 heavy (non-hydrogen) atoms. The molecule has 1 atom stereocenters. The van der Waals surface area contributed by atoms with E-state index in [1.54, 1.807) is 18.2 Å². The van der Waals surface area contributed by atoms with Gasteiger partial charge in [0.25, 0.3) is 0 Å². The number of benzene rings is 2. The van der Waals surface area contributed by atoms with Crippen LogP contribution in [0.4, 0.5) is 0 Å². The first-order valence-corrected chi connectivity index (χ1v) is 9.76. The molecule has 0 N–H and O–H groups in total. The molecule has 6 heteroatoms. The van der Waals surface area contributed by atoms with Crippen LogP contribution in [0.15, 0.2) is 59.5 Å². The number of hydrogen-bond acceptors (Lipinski definition) is 4. The highest BCUT2D eigenvalue weighted by Crippen LogP contribution is 2.25. The minimum atomic E-state index is -3.63. The maximum atomic E-state index is 12.9. The van der Waals surface area contributed by atoms with Crippen LogP contribution in [0.3, 0.4) is 0 Å². The summed E-state index contributed by atoms with van der Waals surface area (Å²) in [5, 5.41) is 9.18. The number of piperazine rings is 1. The number of nitriles is 1. The van der Waals surface area contributed by atoms with Gasteiger partial charge in [0, 0.05) is 32.2 Å². The van der Waals surface area contributed by atoms with Crippen LogP contribution in [0.5, 0.6) is 0 Å². The van der Waals surface area contributed by atoms with Crippen molar-refractivity contribution in [2.75, 3.05) is 26.2 Å². The first-order chi connectivity index (χ1) is 12.0. The SMILES string of the molecule is C[C@H](c1ccccc1)N1CCN(S(=O)(=O)c2ccccc2C#N)CC1. The van der Waals surface area contributed by atoms with Crippen LogP contribution in [0, 0.1) is 11.3 Å². The van der Waals surface area contributed by atoms with Crippen LogP contribution in [0.1, 0.15) is 24.1 Å². The summed E-state index contributed by atoms with van der Waals surface area (Å²) in [6.07, 6.45) is 0. The van der Waals surface area contributed by atoms with E-state index in [2.05, 4.69) is 24.0 Å². The van der Waals surface area contributed by atoms with Crippen LogP contribution >= 0.6 is 0 Å². The number of sulfonamides is 1. The summed E-state index contributed by atoms with van der Waals surface area (Å²) >= 11 is 0. The quantitative estimate of drug-likeness (QED) is 0.846. The van der Waals surface area contributed by atoms with Crippen LogP contribution in [0.2, 0.25) is 0 Å². The zero-order valence-electron chi connectivity index (χ0n) is 14.2. The highest BCUT2D eigenvalue weighted by atomic mass is 32.2. The van der Waals surface area contributed by atoms with E-state index < -0.39 is 10.0 Å². The zero-order chi connectivity index (χ0) is 17.9. The van der Waals surface area contributed by atoms with Gasteiger partial charge in [0.05, 0.1) is 10.5 Å². The van der Waals surface area contributed by atoms with E-state index in [4.69, 9.17) is 0 Å². The van der Waals surface area contributed by atoms with Gasteiger partial charge in [-0.25, -0.2) is 8.42 Å². The second-order valence-electron chi connectivity index (χ2n) is 6.13. The molecule has 130 valence electrons. The predicted molar refractivity (Wildman–Crippen MR) is 96.3 cm³/mol. The van der Waals surface area contributed by atoms with Crippen molar-refractivity contribution in [2.45, 2.75) is 17.9 Å². The van der Waals surface area contributed by atoms with Crippen LogP contribution in [-0.2, 0) is 10.0 Å².